The Bertz CT molecular complexity index is 766. The molecule has 2 N–H and O–H groups in total. The maximum Gasteiger partial charge on any atom is 0.243 e. The van der Waals surface area contributed by atoms with Crippen LogP contribution < -0.4 is 5.32 Å². The number of aliphatic hydroxyl groups is 1. The van der Waals surface area contributed by atoms with Crippen molar-refractivity contribution in [3.63, 3.8) is 0 Å². The number of β-amino-alcohol motifs (C(OH)–C–C–N with tert-alkyl or cyclic N) is 1. The van der Waals surface area contributed by atoms with Crippen molar-refractivity contribution in [2.75, 3.05) is 6.54 Å². The molecule has 0 bridgehead atoms. The minimum Gasteiger partial charge on any atom is -0.465 e. The van der Waals surface area contributed by atoms with E-state index in [1.165, 1.54) is 4.90 Å². The molecule has 1 fully saturated rings. The molecule has 25 heavy (non-hydrogen) atoms. The average Bonchev–Trinajstić information content (AvgIpc) is 3.26. The van der Waals surface area contributed by atoms with E-state index in [9.17, 15) is 14.7 Å². The van der Waals surface area contributed by atoms with Crippen LogP contribution in [-0.2, 0) is 22.6 Å². The van der Waals surface area contributed by atoms with Crippen molar-refractivity contribution in [2.45, 2.75) is 45.4 Å². The number of aryl methyl sites for hydroxylation is 2. The third kappa shape index (κ3) is 4.08. The van der Waals surface area contributed by atoms with Crippen LogP contribution >= 0.6 is 0 Å². The highest BCUT2D eigenvalue weighted by atomic mass is 16.5. The number of amides is 2. The topological polar surface area (TPSA) is 109 Å². The Morgan fingerprint density at radius 1 is 1.36 bits per heavy atom. The Kier molecular flexibility index (Phi) is 4.89. The van der Waals surface area contributed by atoms with Crippen LogP contribution in [0.4, 0.5) is 0 Å². The highest BCUT2D eigenvalue weighted by Gasteiger charge is 2.38. The number of nitrogens with one attached hydrogen (secondary N) is 1. The smallest absolute Gasteiger partial charge is 0.243 e. The van der Waals surface area contributed by atoms with E-state index in [0.29, 0.717) is 17.2 Å². The van der Waals surface area contributed by atoms with E-state index in [1.807, 2.05) is 13.0 Å². The second-order valence-corrected chi connectivity index (χ2v) is 6.29. The van der Waals surface area contributed by atoms with Gasteiger partial charge >= 0.3 is 0 Å². The fourth-order valence-corrected chi connectivity index (χ4v) is 2.96. The fourth-order valence-electron chi connectivity index (χ4n) is 2.96. The van der Waals surface area contributed by atoms with Gasteiger partial charge in [0.2, 0.25) is 11.8 Å². The minimum absolute atomic E-state index is 0.00865. The maximum absolute atomic E-state index is 12.5. The molecular weight excluding hydrogens is 326 g/mol. The number of carbonyl (C=O) groups is 2. The van der Waals surface area contributed by atoms with Crippen LogP contribution in [0, 0.1) is 13.8 Å². The quantitative estimate of drug-likeness (QED) is 0.824. The zero-order valence-electron chi connectivity index (χ0n) is 14.2. The SMILES string of the molecule is Cc1cc(CC(=O)N2C[C@H](O)C[C@H]2C(=O)NCc2ccc(C)o2)on1. The number of hydrogen-bond donors (Lipinski definition) is 2. The number of hydrogen-bond acceptors (Lipinski definition) is 6. The number of rotatable bonds is 5. The molecule has 2 aromatic rings. The molecule has 134 valence electrons. The molecule has 3 rings (SSSR count). The summed E-state index contributed by atoms with van der Waals surface area (Å²) in [5.74, 6) is 1.25. The predicted molar refractivity (Wildman–Crippen MR) is 86.4 cm³/mol. The number of furan rings is 1. The van der Waals surface area contributed by atoms with Crippen LogP contribution in [0.15, 0.2) is 27.1 Å². The zero-order chi connectivity index (χ0) is 18.0. The summed E-state index contributed by atoms with van der Waals surface area (Å²) in [6.07, 6.45) is -0.499. The summed E-state index contributed by atoms with van der Waals surface area (Å²) in [4.78, 5) is 26.3. The van der Waals surface area contributed by atoms with Crippen molar-refractivity contribution in [3.8, 4) is 0 Å². The van der Waals surface area contributed by atoms with E-state index in [1.54, 1.807) is 19.1 Å². The number of aliphatic hydroxyl groups excluding tert-OH is 1. The first kappa shape index (κ1) is 17.2. The average molecular weight is 347 g/mol. The molecule has 0 saturated carbocycles. The minimum atomic E-state index is -0.720. The first-order valence-electron chi connectivity index (χ1n) is 8.15. The molecule has 0 radical (unpaired) electrons. The molecule has 1 aliphatic rings. The summed E-state index contributed by atoms with van der Waals surface area (Å²) in [7, 11) is 0. The van der Waals surface area contributed by atoms with Crippen LogP contribution in [-0.4, -0.2) is 45.7 Å². The van der Waals surface area contributed by atoms with Crippen LogP contribution in [0.5, 0.6) is 0 Å². The van der Waals surface area contributed by atoms with Gasteiger partial charge in [-0.25, -0.2) is 0 Å². The summed E-state index contributed by atoms with van der Waals surface area (Å²) in [5, 5.41) is 16.4. The predicted octanol–water partition coefficient (Wildman–Crippen LogP) is 0.705. The summed E-state index contributed by atoms with van der Waals surface area (Å²) in [5.41, 5.74) is 0.687. The normalized spacial score (nSPS) is 20.0. The first-order valence-corrected chi connectivity index (χ1v) is 8.15. The molecule has 1 aliphatic heterocycles. The molecule has 2 aromatic heterocycles. The van der Waals surface area contributed by atoms with Gasteiger partial charge in [0.15, 0.2) is 0 Å². The monoisotopic (exact) mass is 347 g/mol. The summed E-state index contributed by atoms with van der Waals surface area (Å²) in [6.45, 7) is 3.96. The highest BCUT2D eigenvalue weighted by Crippen LogP contribution is 2.20. The Morgan fingerprint density at radius 3 is 2.80 bits per heavy atom. The standard InChI is InChI=1S/C17H21N3O5/c1-10-5-14(25-19-10)7-16(22)20-9-12(21)6-15(20)17(23)18-8-13-4-3-11(2)24-13/h3-5,12,15,21H,6-9H2,1-2H3,(H,18,23)/t12-,15+/m1/s1. The van der Waals surface area contributed by atoms with Crippen molar-refractivity contribution in [1.29, 1.82) is 0 Å². The lowest BCUT2D eigenvalue weighted by molar-refractivity contribution is -0.138. The Hall–Kier alpha value is -2.61. The van der Waals surface area contributed by atoms with Crippen molar-refractivity contribution in [1.82, 2.24) is 15.4 Å². The van der Waals surface area contributed by atoms with Gasteiger partial charge in [-0.05, 0) is 26.0 Å². The molecule has 0 aromatic carbocycles. The Labute approximate surface area is 144 Å². The molecule has 3 heterocycles. The van der Waals surface area contributed by atoms with Crippen molar-refractivity contribution < 1.29 is 23.6 Å². The maximum atomic E-state index is 12.5. The van der Waals surface area contributed by atoms with Gasteiger partial charge in [-0.15, -0.1) is 0 Å². The summed E-state index contributed by atoms with van der Waals surface area (Å²) >= 11 is 0. The van der Waals surface area contributed by atoms with Gasteiger partial charge in [0.25, 0.3) is 0 Å². The second kappa shape index (κ2) is 7.10. The fraction of sp³-hybridized carbons (Fsp3) is 0.471. The molecular formula is C17H21N3O5. The van der Waals surface area contributed by atoms with Gasteiger partial charge in [-0.3, -0.25) is 9.59 Å². The van der Waals surface area contributed by atoms with E-state index >= 15 is 0 Å². The zero-order valence-corrected chi connectivity index (χ0v) is 14.2. The third-order valence-corrected chi connectivity index (χ3v) is 4.14. The van der Waals surface area contributed by atoms with E-state index in [4.69, 9.17) is 8.94 Å². The molecule has 2 amide bonds. The van der Waals surface area contributed by atoms with Gasteiger partial charge in [-0.2, -0.15) is 0 Å². The summed E-state index contributed by atoms with van der Waals surface area (Å²) < 4.78 is 10.5. The molecule has 0 unspecified atom stereocenters. The third-order valence-electron chi connectivity index (χ3n) is 4.14. The summed E-state index contributed by atoms with van der Waals surface area (Å²) in [6, 6.07) is 4.57. The van der Waals surface area contributed by atoms with Crippen molar-refractivity contribution in [3.05, 3.63) is 41.2 Å². The van der Waals surface area contributed by atoms with E-state index in [-0.39, 0.29) is 37.7 Å². The Balaban J connectivity index is 1.61. The number of carbonyl (C=O) groups excluding carboxylic acids is 2. The van der Waals surface area contributed by atoms with Gasteiger partial charge in [-0.1, -0.05) is 5.16 Å². The van der Waals surface area contributed by atoms with Gasteiger partial charge < -0.3 is 24.3 Å². The van der Waals surface area contributed by atoms with E-state index in [0.717, 1.165) is 5.76 Å². The molecule has 2 atom stereocenters. The van der Waals surface area contributed by atoms with E-state index in [2.05, 4.69) is 10.5 Å². The molecule has 0 spiro atoms. The lowest BCUT2D eigenvalue weighted by Gasteiger charge is -2.23. The van der Waals surface area contributed by atoms with Crippen molar-refractivity contribution >= 4 is 11.8 Å². The first-order chi connectivity index (χ1) is 11.9. The highest BCUT2D eigenvalue weighted by molar-refractivity contribution is 5.89. The number of aromatic nitrogens is 1. The Morgan fingerprint density at radius 2 is 2.16 bits per heavy atom. The number of nitrogens with zero attached hydrogens (tertiary/aromatic N) is 2. The molecule has 8 heteroatoms. The molecule has 8 nitrogen and oxygen atoms in total. The second-order valence-electron chi connectivity index (χ2n) is 6.29. The van der Waals surface area contributed by atoms with Crippen LogP contribution in [0.3, 0.4) is 0 Å². The molecule has 0 aliphatic carbocycles. The largest absolute Gasteiger partial charge is 0.465 e. The lowest BCUT2D eigenvalue weighted by atomic mass is 10.1. The van der Waals surface area contributed by atoms with Crippen LogP contribution in [0.2, 0.25) is 0 Å². The van der Waals surface area contributed by atoms with Gasteiger partial charge in [0.05, 0.1) is 24.8 Å². The molecule has 1 saturated heterocycles. The van der Waals surface area contributed by atoms with Crippen molar-refractivity contribution in [2.24, 2.45) is 0 Å². The number of likely N-dealkylation sites (tertiary alicyclic amines) is 1. The van der Waals surface area contributed by atoms with E-state index < -0.39 is 12.1 Å². The van der Waals surface area contributed by atoms with Gasteiger partial charge in [0, 0.05) is 19.0 Å². The van der Waals surface area contributed by atoms with Crippen LogP contribution in [0.1, 0.15) is 29.4 Å². The van der Waals surface area contributed by atoms with Gasteiger partial charge in [0.1, 0.15) is 23.3 Å². The van der Waals surface area contributed by atoms with Crippen LogP contribution in [0.25, 0.3) is 0 Å². The lowest BCUT2D eigenvalue weighted by Crippen LogP contribution is -2.46.